The predicted molar refractivity (Wildman–Crippen MR) is 91.1 cm³/mol. The van der Waals surface area contributed by atoms with Gasteiger partial charge in [0, 0.05) is 6.61 Å². The highest BCUT2D eigenvalue weighted by Gasteiger charge is 2.15. The third kappa shape index (κ3) is 16.0. The molecule has 138 valence electrons. The quantitative estimate of drug-likeness (QED) is 0.211. The Morgan fingerprint density at radius 2 is 1.04 bits per heavy atom. The lowest BCUT2D eigenvalue weighted by molar-refractivity contribution is -0.242. The van der Waals surface area contributed by atoms with E-state index in [1.54, 1.807) is 0 Å². The van der Waals surface area contributed by atoms with Gasteiger partial charge < -0.3 is 10.2 Å². The van der Waals surface area contributed by atoms with Crippen molar-refractivity contribution in [3.05, 3.63) is 0 Å². The topological polar surface area (TPSA) is 87.0 Å². The first-order valence-corrected chi connectivity index (χ1v) is 9.36. The van der Waals surface area contributed by atoms with E-state index < -0.39 is 12.1 Å². The molecule has 0 fully saturated rings. The molecular formula is C18H36O5. The molecule has 0 rings (SSSR count). The SMILES string of the molecule is O=C(OO)C(O)CCCCCCCCCCCCCCCCO. The van der Waals surface area contributed by atoms with Crippen LogP contribution in [0, 0.1) is 0 Å². The van der Waals surface area contributed by atoms with Crippen molar-refractivity contribution in [3.8, 4) is 0 Å². The van der Waals surface area contributed by atoms with Gasteiger partial charge in [0.25, 0.3) is 0 Å². The lowest BCUT2D eigenvalue weighted by atomic mass is 10.0. The number of aliphatic hydroxyl groups is 2. The standard InChI is InChI=1S/C18H36O5/c19-16-14-12-10-8-6-4-2-1-3-5-7-9-11-13-15-17(20)18(21)23-22/h17,19-20,22H,1-16H2. The van der Waals surface area contributed by atoms with Gasteiger partial charge in [0.15, 0.2) is 6.10 Å². The fraction of sp³-hybridized carbons (Fsp3) is 0.944. The Bertz CT molecular complexity index is 258. The molecule has 0 spiro atoms. The van der Waals surface area contributed by atoms with Crippen LogP contribution in [0.25, 0.3) is 0 Å². The normalized spacial score (nSPS) is 12.3. The van der Waals surface area contributed by atoms with E-state index in [1.165, 1.54) is 57.8 Å². The van der Waals surface area contributed by atoms with Gasteiger partial charge in [0.05, 0.1) is 0 Å². The van der Waals surface area contributed by atoms with Crippen LogP contribution in [0.2, 0.25) is 0 Å². The average molecular weight is 332 g/mol. The van der Waals surface area contributed by atoms with Gasteiger partial charge in [-0.25, -0.2) is 4.79 Å². The van der Waals surface area contributed by atoms with Crippen LogP contribution in [-0.4, -0.2) is 34.2 Å². The molecule has 0 aliphatic carbocycles. The smallest absolute Gasteiger partial charge is 0.370 e. The van der Waals surface area contributed by atoms with Crippen molar-refractivity contribution < 1.29 is 25.2 Å². The summed E-state index contributed by atoms with van der Waals surface area (Å²) in [6.07, 6.45) is 15.8. The molecule has 23 heavy (non-hydrogen) atoms. The van der Waals surface area contributed by atoms with Gasteiger partial charge in [-0.05, 0) is 12.8 Å². The molecule has 0 heterocycles. The minimum absolute atomic E-state index is 0.329. The molecule has 0 saturated heterocycles. The molecule has 0 saturated carbocycles. The molecule has 1 atom stereocenters. The van der Waals surface area contributed by atoms with Crippen molar-refractivity contribution >= 4 is 5.97 Å². The third-order valence-electron chi connectivity index (χ3n) is 4.25. The Balaban J connectivity index is 3.09. The van der Waals surface area contributed by atoms with Gasteiger partial charge in [-0.1, -0.05) is 83.5 Å². The van der Waals surface area contributed by atoms with E-state index in [2.05, 4.69) is 4.89 Å². The number of hydrogen-bond acceptors (Lipinski definition) is 5. The maximum absolute atomic E-state index is 10.8. The predicted octanol–water partition coefficient (Wildman–Crippen LogP) is 4.21. The van der Waals surface area contributed by atoms with Crippen LogP contribution in [-0.2, 0) is 9.68 Å². The Morgan fingerprint density at radius 1 is 0.696 bits per heavy atom. The number of aliphatic hydroxyl groups excluding tert-OH is 2. The van der Waals surface area contributed by atoms with Gasteiger partial charge in [0.2, 0.25) is 0 Å². The van der Waals surface area contributed by atoms with Crippen LogP contribution < -0.4 is 0 Å². The Labute approximate surface area is 141 Å². The Morgan fingerprint density at radius 3 is 1.39 bits per heavy atom. The summed E-state index contributed by atoms with van der Waals surface area (Å²) in [6.45, 7) is 0.329. The number of rotatable bonds is 17. The summed E-state index contributed by atoms with van der Waals surface area (Å²) in [6, 6.07) is 0. The van der Waals surface area contributed by atoms with Crippen molar-refractivity contribution in [3.63, 3.8) is 0 Å². The van der Waals surface area contributed by atoms with E-state index in [-0.39, 0.29) is 0 Å². The van der Waals surface area contributed by atoms with Crippen LogP contribution >= 0.6 is 0 Å². The summed E-state index contributed by atoms with van der Waals surface area (Å²) in [5.74, 6) is -0.960. The van der Waals surface area contributed by atoms with Gasteiger partial charge in [-0.15, -0.1) is 0 Å². The minimum atomic E-state index is -1.19. The van der Waals surface area contributed by atoms with Crippen molar-refractivity contribution in [2.45, 2.75) is 102 Å². The molecule has 3 N–H and O–H groups in total. The summed E-state index contributed by atoms with van der Waals surface area (Å²) in [4.78, 5) is 14.2. The number of carbonyl (C=O) groups is 1. The highest BCUT2D eigenvalue weighted by molar-refractivity contribution is 5.73. The van der Waals surface area contributed by atoms with E-state index in [1.807, 2.05) is 0 Å². The highest BCUT2D eigenvalue weighted by atomic mass is 17.1. The second-order valence-electron chi connectivity index (χ2n) is 6.39. The zero-order chi connectivity index (χ0) is 17.2. The summed E-state index contributed by atoms with van der Waals surface area (Å²) < 4.78 is 0. The van der Waals surface area contributed by atoms with Gasteiger partial charge in [0.1, 0.15) is 0 Å². The molecule has 0 aromatic carbocycles. The number of hydrogen-bond donors (Lipinski definition) is 3. The van der Waals surface area contributed by atoms with Crippen molar-refractivity contribution in [2.75, 3.05) is 6.61 Å². The molecule has 0 aliphatic heterocycles. The Kier molecular flexibility index (Phi) is 17.2. The summed E-state index contributed by atoms with van der Waals surface area (Å²) in [7, 11) is 0. The maximum atomic E-state index is 10.8. The summed E-state index contributed by atoms with van der Waals surface area (Å²) in [5.41, 5.74) is 0. The van der Waals surface area contributed by atoms with Crippen LogP contribution in [0.3, 0.4) is 0 Å². The summed E-state index contributed by atoms with van der Waals surface area (Å²) >= 11 is 0. The molecular weight excluding hydrogens is 296 g/mol. The number of unbranched alkanes of at least 4 members (excludes halogenated alkanes) is 13. The van der Waals surface area contributed by atoms with Gasteiger partial charge >= 0.3 is 5.97 Å². The van der Waals surface area contributed by atoms with E-state index in [0.717, 1.165) is 32.1 Å². The van der Waals surface area contributed by atoms with E-state index in [9.17, 15) is 9.90 Å². The molecule has 0 amide bonds. The second kappa shape index (κ2) is 17.7. The van der Waals surface area contributed by atoms with Gasteiger partial charge in [-0.2, -0.15) is 5.26 Å². The Hall–Kier alpha value is -0.650. The molecule has 0 radical (unpaired) electrons. The maximum Gasteiger partial charge on any atom is 0.370 e. The molecule has 0 aliphatic rings. The fourth-order valence-corrected chi connectivity index (χ4v) is 2.75. The minimum Gasteiger partial charge on any atom is -0.396 e. The van der Waals surface area contributed by atoms with Crippen LogP contribution in [0.4, 0.5) is 0 Å². The van der Waals surface area contributed by atoms with E-state index in [0.29, 0.717) is 13.0 Å². The van der Waals surface area contributed by atoms with E-state index >= 15 is 0 Å². The van der Waals surface area contributed by atoms with Gasteiger partial charge in [-0.3, -0.25) is 4.89 Å². The largest absolute Gasteiger partial charge is 0.396 e. The molecule has 0 aromatic heterocycles. The lowest BCUT2D eigenvalue weighted by Crippen LogP contribution is -2.21. The summed E-state index contributed by atoms with van der Waals surface area (Å²) in [5, 5.41) is 26.1. The van der Waals surface area contributed by atoms with Crippen molar-refractivity contribution in [2.24, 2.45) is 0 Å². The monoisotopic (exact) mass is 332 g/mol. The van der Waals surface area contributed by atoms with Crippen LogP contribution in [0.1, 0.15) is 96.3 Å². The van der Waals surface area contributed by atoms with Crippen LogP contribution in [0.15, 0.2) is 0 Å². The average Bonchev–Trinajstić information content (AvgIpc) is 2.57. The first-order chi connectivity index (χ1) is 11.2. The van der Waals surface area contributed by atoms with E-state index in [4.69, 9.17) is 10.4 Å². The first-order valence-electron chi connectivity index (χ1n) is 9.36. The first kappa shape index (κ1) is 22.4. The molecule has 5 heteroatoms. The molecule has 0 aromatic rings. The molecule has 5 nitrogen and oxygen atoms in total. The molecule has 1 unspecified atom stereocenters. The van der Waals surface area contributed by atoms with Crippen molar-refractivity contribution in [1.29, 1.82) is 0 Å². The molecule has 0 bridgehead atoms. The van der Waals surface area contributed by atoms with Crippen molar-refractivity contribution in [1.82, 2.24) is 0 Å². The fourth-order valence-electron chi connectivity index (χ4n) is 2.75. The lowest BCUT2D eigenvalue weighted by Gasteiger charge is -2.06. The van der Waals surface area contributed by atoms with Crippen LogP contribution in [0.5, 0.6) is 0 Å². The zero-order valence-electron chi connectivity index (χ0n) is 14.5. The number of carbonyl (C=O) groups excluding carboxylic acids is 1. The zero-order valence-corrected chi connectivity index (χ0v) is 14.5. The third-order valence-corrected chi connectivity index (χ3v) is 4.25. The second-order valence-corrected chi connectivity index (χ2v) is 6.39. The highest BCUT2D eigenvalue weighted by Crippen LogP contribution is 2.13.